The standard InChI is InChI=1S/C19H25N5O2/c1-4-23-7-9-24(10-8-23)17-6-5-16(11-14(17)2)22-19-20-12-15(13-21-19)18(25)26-3/h5-6,11-13H,4,7-10H2,1-3H3,(H,20,21,22). The van der Waals surface area contributed by atoms with Crippen LogP contribution in [0, 0.1) is 6.92 Å². The lowest BCUT2D eigenvalue weighted by atomic mass is 10.1. The number of piperazine rings is 1. The molecule has 0 amide bonds. The molecule has 0 bridgehead atoms. The zero-order valence-corrected chi connectivity index (χ0v) is 15.5. The third kappa shape index (κ3) is 4.11. The first kappa shape index (κ1) is 18.1. The molecule has 7 nitrogen and oxygen atoms in total. The summed E-state index contributed by atoms with van der Waals surface area (Å²) >= 11 is 0. The first-order valence-electron chi connectivity index (χ1n) is 8.86. The van der Waals surface area contributed by atoms with Crippen LogP contribution < -0.4 is 10.2 Å². The quantitative estimate of drug-likeness (QED) is 0.826. The van der Waals surface area contributed by atoms with Crippen molar-refractivity contribution in [2.75, 3.05) is 50.1 Å². The number of benzene rings is 1. The molecule has 26 heavy (non-hydrogen) atoms. The molecular formula is C19H25N5O2. The maximum Gasteiger partial charge on any atom is 0.341 e. The molecule has 3 rings (SSSR count). The summed E-state index contributed by atoms with van der Waals surface area (Å²) in [6, 6.07) is 6.27. The summed E-state index contributed by atoms with van der Waals surface area (Å²) in [5.41, 5.74) is 3.74. The van der Waals surface area contributed by atoms with Gasteiger partial charge in [-0.1, -0.05) is 6.92 Å². The molecule has 0 spiro atoms. The molecule has 1 fully saturated rings. The van der Waals surface area contributed by atoms with Crippen LogP contribution in [0.15, 0.2) is 30.6 Å². The molecule has 2 aromatic rings. The van der Waals surface area contributed by atoms with E-state index in [2.05, 4.69) is 55.8 Å². The minimum atomic E-state index is -0.445. The molecule has 0 atom stereocenters. The van der Waals surface area contributed by atoms with Crippen molar-refractivity contribution in [3.63, 3.8) is 0 Å². The summed E-state index contributed by atoms with van der Waals surface area (Å²) in [6.45, 7) is 9.77. The Bertz CT molecular complexity index is 755. The lowest BCUT2D eigenvalue weighted by Gasteiger charge is -2.36. The Kier molecular flexibility index (Phi) is 5.68. The SMILES string of the molecule is CCN1CCN(c2ccc(Nc3ncc(C(=O)OC)cn3)cc2C)CC1. The van der Waals surface area contributed by atoms with Gasteiger partial charge in [0.2, 0.25) is 5.95 Å². The molecule has 2 heterocycles. The summed E-state index contributed by atoms with van der Waals surface area (Å²) in [4.78, 5) is 24.7. The van der Waals surface area contributed by atoms with E-state index in [0.29, 0.717) is 11.5 Å². The molecule has 0 radical (unpaired) electrons. The molecule has 1 aromatic carbocycles. The number of anilines is 3. The van der Waals surface area contributed by atoms with Crippen molar-refractivity contribution in [2.24, 2.45) is 0 Å². The number of likely N-dealkylation sites (N-methyl/N-ethyl adjacent to an activating group) is 1. The predicted molar refractivity (Wildman–Crippen MR) is 102 cm³/mol. The van der Waals surface area contributed by atoms with Gasteiger partial charge in [-0.25, -0.2) is 14.8 Å². The summed E-state index contributed by atoms with van der Waals surface area (Å²) in [7, 11) is 1.33. The van der Waals surface area contributed by atoms with Gasteiger partial charge in [0.25, 0.3) is 0 Å². The van der Waals surface area contributed by atoms with Gasteiger partial charge in [-0.3, -0.25) is 0 Å². The topological polar surface area (TPSA) is 70.6 Å². The molecule has 0 unspecified atom stereocenters. The molecular weight excluding hydrogens is 330 g/mol. The van der Waals surface area contributed by atoms with Crippen LogP contribution in [0.2, 0.25) is 0 Å². The van der Waals surface area contributed by atoms with E-state index in [4.69, 9.17) is 0 Å². The van der Waals surface area contributed by atoms with Gasteiger partial charge in [0.1, 0.15) is 0 Å². The first-order valence-corrected chi connectivity index (χ1v) is 8.86. The van der Waals surface area contributed by atoms with Crippen LogP contribution in [0.1, 0.15) is 22.8 Å². The minimum absolute atomic E-state index is 0.329. The van der Waals surface area contributed by atoms with Crippen LogP contribution in [0.5, 0.6) is 0 Å². The van der Waals surface area contributed by atoms with Crippen molar-refractivity contribution in [1.82, 2.24) is 14.9 Å². The number of methoxy groups -OCH3 is 1. The molecule has 1 aliphatic rings. The van der Waals surface area contributed by atoms with E-state index < -0.39 is 5.97 Å². The number of carbonyl (C=O) groups excluding carboxylic acids is 1. The third-order valence-electron chi connectivity index (χ3n) is 4.69. The van der Waals surface area contributed by atoms with Crippen molar-refractivity contribution in [3.8, 4) is 0 Å². The lowest BCUT2D eigenvalue weighted by molar-refractivity contribution is 0.0600. The number of rotatable bonds is 5. The number of aryl methyl sites for hydroxylation is 1. The average molecular weight is 355 g/mol. The van der Waals surface area contributed by atoms with Crippen molar-refractivity contribution in [2.45, 2.75) is 13.8 Å². The largest absolute Gasteiger partial charge is 0.465 e. The number of ether oxygens (including phenoxy) is 1. The maximum atomic E-state index is 11.4. The van der Waals surface area contributed by atoms with Gasteiger partial charge < -0.3 is 19.9 Å². The molecule has 0 saturated carbocycles. The third-order valence-corrected chi connectivity index (χ3v) is 4.69. The minimum Gasteiger partial charge on any atom is -0.465 e. The van der Waals surface area contributed by atoms with Gasteiger partial charge >= 0.3 is 5.97 Å². The molecule has 0 aliphatic carbocycles. The predicted octanol–water partition coefficient (Wildman–Crippen LogP) is 2.46. The molecule has 1 N–H and O–H groups in total. The Morgan fingerprint density at radius 3 is 2.46 bits per heavy atom. The second-order valence-electron chi connectivity index (χ2n) is 6.33. The Morgan fingerprint density at radius 2 is 1.88 bits per heavy atom. The number of carbonyl (C=O) groups is 1. The Hall–Kier alpha value is -2.67. The van der Waals surface area contributed by atoms with Crippen LogP contribution in [-0.4, -0.2) is 60.7 Å². The van der Waals surface area contributed by atoms with Gasteiger partial charge in [0, 0.05) is 49.9 Å². The number of esters is 1. The fraction of sp³-hybridized carbons (Fsp3) is 0.421. The fourth-order valence-corrected chi connectivity index (χ4v) is 3.14. The monoisotopic (exact) mass is 355 g/mol. The Labute approximate surface area is 154 Å². The van der Waals surface area contributed by atoms with E-state index >= 15 is 0 Å². The second kappa shape index (κ2) is 8.14. The normalized spacial score (nSPS) is 15.0. The van der Waals surface area contributed by atoms with E-state index in [0.717, 1.165) is 38.4 Å². The van der Waals surface area contributed by atoms with Crippen molar-refractivity contribution in [3.05, 3.63) is 41.7 Å². The molecule has 138 valence electrons. The van der Waals surface area contributed by atoms with Gasteiger partial charge in [-0.2, -0.15) is 0 Å². The molecule has 7 heteroatoms. The highest BCUT2D eigenvalue weighted by atomic mass is 16.5. The van der Waals surface area contributed by atoms with E-state index in [1.807, 2.05) is 6.07 Å². The van der Waals surface area contributed by atoms with Crippen LogP contribution in [0.3, 0.4) is 0 Å². The second-order valence-corrected chi connectivity index (χ2v) is 6.33. The van der Waals surface area contributed by atoms with E-state index in [9.17, 15) is 4.79 Å². The maximum absolute atomic E-state index is 11.4. The fourth-order valence-electron chi connectivity index (χ4n) is 3.14. The van der Waals surface area contributed by atoms with Gasteiger partial charge in [0.05, 0.1) is 12.7 Å². The van der Waals surface area contributed by atoms with Crippen LogP contribution >= 0.6 is 0 Å². The Morgan fingerprint density at radius 1 is 1.19 bits per heavy atom. The van der Waals surface area contributed by atoms with Crippen molar-refractivity contribution < 1.29 is 9.53 Å². The number of nitrogens with one attached hydrogen (secondary N) is 1. The molecule has 1 saturated heterocycles. The van der Waals surface area contributed by atoms with Crippen molar-refractivity contribution >= 4 is 23.3 Å². The molecule has 1 aliphatic heterocycles. The number of hydrogen-bond acceptors (Lipinski definition) is 7. The van der Waals surface area contributed by atoms with Crippen LogP contribution in [-0.2, 0) is 4.74 Å². The summed E-state index contributed by atoms with van der Waals surface area (Å²) in [6.07, 6.45) is 2.91. The van der Waals surface area contributed by atoms with Crippen LogP contribution in [0.25, 0.3) is 0 Å². The van der Waals surface area contributed by atoms with Gasteiger partial charge in [0.15, 0.2) is 0 Å². The van der Waals surface area contributed by atoms with E-state index in [1.54, 1.807) is 0 Å². The highest BCUT2D eigenvalue weighted by Gasteiger charge is 2.17. The summed E-state index contributed by atoms with van der Waals surface area (Å²) in [5.74, 6) is 0.00119. The van der Waals surface area contributed by atoms with E-state index in [-0.39, 0.29) is 0 Å². The zero-order valence-electron chi connectivity index (χ0n) is 15.5. The Balaban J connectivity index is 1.67. The van der Waals surface area contributed by atoms with Gasteiger partial charge in [-0.05, 0) is 37.2 Å². The number of hydrogen-bond donors (Lipinski definition) is 1. The summed E-state index contributed by atoms with van der Waals surface area (Å²) < 4.78 is 4.65. The summed E-state index contributed by atoms with van der Waals surface area (Å²) in [5, 5.41) is 3.17. The van der Waals surface area contributed by atoms with Crippen molar-refractivity contribution in [1.29, 1.82) is 0 Å². The first-order chi connectivity index (χ1) is 12.6. The van der Waals surface area contributed by atoms with Gasteiger partial charge in [-0.15, -0.1) is 0 Å². The number of aromatic nitrogens is 2. The smallest absolute Gasteiger partial charge is 0.341 e. The molecule has 1 aromatic heterocycles. The number of nitrogens with zero attached hydrogens (tertiary/aromatic N) is 4. The zero-order chi connectivity index (χ0) is 18.5. The van der Waals surface area contributed by atoms with Crippen LogP contribution in [0.4, 0.5) is 17.3 Å². The van der Waals surface area contributed by atoms with E-state index in [1.165, 1.54) is 30.8 Å². The average Bonchev–Trinajstić information content (AvgIpc) is 2.68. The lowest BCUT2D eigenvalue weighted by Crippen LogP contribution is -2.46. The highest BCUT2D eigenvalue weighted by molar-refractivity contribution is 5.88. The highest BCUT2D eigenvalue weighted by Crippen LogP contribution is 2.25.